The lowest BCUT2D eigenvalue weighted by Gasteiger charge is -2.28. The third-order valence-electron chi connectivity index (χ3n) is 6.68. The van der Waals surface area contributed by atoms with Gasteiger partial charge in [-0.15, -0.1) is 0 Å². The molecule has 1 aromatic carbocycles. The molecule has 1 aromatic heterocycles. The number of carboxylic acid groups (broad SMARTS) is 1. The number of aryl methyl sites for hydroxylation is 2. The zero-order chi connectivity index (χ0) is 25.7. The Hall–Kier alpha value is -3.11. The minimum Gasteiger partial charge on any atom is -0.481 e. The van der Waals surface area contributed by atoms with Crippen molar-refractivity contribution in [3.63, 3.8) is 0 Å². The standard InChI is InChI=1S/C26H35N3O7/c1-4-10-29(35-11-5-2)24(30)15-28-14-19(18-6-8-21-22(12-18)34-16-33-21)25(26(31)32)20(28)7-9-23-27-13-17(3)36-23/h6,8,12-13,19-20,25H,4-5,7,9-11,14-16H2,1-3H3,(H,31,32)/t19-,20+,25-/m1/s1. The number of aromatic nitrogens is 1. The van der Waals surface area contributed by atoms with Crippen molar-refractivity contribution >= 4 is 11.9 Å². The van der Waals surface area contributed by atoms with Crippen LogP contribution in [-0.4, -0.2) is 71.0 Å². The number of aliphatic carboxylic acids is 1. The molecule has 10 nitrogen and oxygen atoms in total. The molecule has 1 amide bonds. The van der Waals surface area contributed by atoms with E-state index in [1.165, 1.54) is 5.06 Å². The SMILES string of the molecule is CCCON(CCC)C(=O)CN1C[C@H](c2ccc3c(c2)OCO3)[C@@H](C(=O)O)[C@@H]1CCc1ncc(C)o1. The van der Waals surface area contributed by atoms with Crippen LogP contribution in [0.2, 0.25) is 0 Å². The summed E-state index contributed by atoms with van der Waals surface area (Å²) in [7, 11) is 0. The van der Waals surface area contributed by atoms with Gasteiger partial charge in [-0.1, -0.05) is 19.9 Å². The normalized spacial score (nSPS) is 21.1. The van der Waals surface area contributed by atoms with Gasteiger partial charge in [-0.25, -0.2) is 10.0 Å². The van der Waals surface area contributed by atoms with Crippen LogP contribution in [-0.2, 0) is 20.8 Å². The monoisotopic (exact) mass is 501 g/mol. The molecular formula is C26H35N3O7. The zero-order valence-corrected chi connectivity index (χ0v) is 21.1. The van der Waals surface area contributed by atoms with Crippen molar-refractivity contribution in [2.45, 2.75) is 58.4 Å². The van der Waals surface area contributed by atoms with Crippen LogP contribution in [0.15, 0.2) is 28.8 Å². The molecular weight excluding hydrogens is 466 g/mol. The van der Waals surface area contributed by atoms with Gasteiger partial charge in [-0.2, -0.15) is 0 Å². The third kappa shape index (κ3) is 5.82. The largest absolute Gasteiger partial charge is 0.481 e. The Bertz CT molecular complexity index is 1060. The topological polar surface area (TPSA) is 115 Å². The molecule has 36 heavy (non-hydrogen) atoms. The van der Waals surface area contributed by atoms with E-state index in [0.717, 1.165) is 18.4 Å². The number of amides is 1. The lowest BCUT2D eigenvalue weighted by Crippen LogP contribution is -2.44. The van der Waals surface area contributed by atoms with Gasteiger partial charge in [0.1, 0.15) is 5.76 Å². The maximum absolute atomic E-state index is 13.2. The molecule has 1 saturated heterocycles. The molecule has 2 aliphatic rings. The molecule has 10 heteroatoms. The van der Waals surface area contributed by atoms with Gasteiger partial charge >= 0.3 is 5.97 Å². The Morgan fingerprint density at radius 2 is 2.03 bits per heavy atom. The number of oxazole rings is 1. The third-order valence-corrected chi connectivity index (χ3v) is 6.68. The molecule has 0 saturated carbocycles. The average molecular weight is 502 g/mol. The van der Waals surface area contributed by atoms with Crippen LogP contribution in [0.5, 0.6) is 11.5 Å². The van der Waals surface area contributed by atoms with E-state index in [0.29, 0.717) is 55.7 Å². The van der Waals surface area contributed by atoms with E-state index in [1.54, 1.807) is 6.20 Å². The predicted molar refractivity (Wildman–Crippen MR) is 130 cm³/mol. The number of carboxylic acids is 1. The van der Waals surface area contributed by atoms with Crippen molar-refractivity contribution in [2.75, 3.05) is 33.0 Å². The van der Waals surface area contributed by atoms with Gasteiger partial charge in [-0.05, 0) is 43.9 Å². The number of hydrogen-bond acceptors (Lipinski definition) is 8. The van der Waals surface area contributed by atoms with Crippen molar-refractivity contribution in [1.82, 2.24) is 14.9 Å². The number of fused-ring (bicyclic) bond motifs is 1. The van der Waals surface area contributed by atoms with E-state index in [2.05, 4.69) is 4.98 Å². The number of rotatable bonds is 12. The van der Waals surface area contributed by atoms with Crippen LogP contribution in [0.1, 0.15) is 56.2 Å². The van der Waals surface area contributed by atoms with E-state index in [1.807, 2.05) is 43.9 Å². The number of ether oxygens (including phenoxy) is 2. The van der Waals surface area contributed by atoms with Gasteiger partial charge in [-0.3, -0.25) is 19.3 Å². The number of nitrogens with zero attached hydrogens (tertiary/aromatic N) is 3. The van der Waals surface area contributed by atoms with E-state index in [-0.39, 0.29) is 31.2 Å². The maximum Gasteiger partial charge on any atom is 0.308 e. The van der Waals surface area contributed by atoms with E-state index in [9.17, 15) is 14.7 Å². The van der Waals surface area contributed by atoms with Crippen LogP contribution < -0.4 is 9.47 Å². The van der Waals surface area contributed by atoms with Crippen LogP contribution >= 0.6 is 0 Å². The summed E-state index contributed by atoms with van der Waals surface area (Å²) >= 11 is 0. The molecule has 0 spiro atoms. The highest BCUT2D eigenvalue weighted by Gasteiger charge is 2.47. The summed E-state index contributed by atoms with van der Waals surface area (Å²) in [6, 6.07) is 5.18. The fourth-order valence-electron chi connectivity index (χ4n) is 5.04. The predicted octanol–water partition coefficient (Wildman–Crippen LogP) is 3.39. The number of carbonyl (C=O) groups excluding carboxylic acids is 1. The highest BCUT2D eigenvalue weighted by Crippen LogP contribution is 2.43. The minimum atomic E-state index is -0.895. The Morgan fingerprint density at radius 1 is 1.22 bits per heavy atom. The number of likely N-dealkylation sites (tertiary alicyclic amines) is 1. The first-order valence-corrected chi connectivity index (χ1v) is 12.6. The number of carbonyl (C=O) groups is 2. The van der Waals surface area contributed by atoms with Crippen LogP contribution in [0.4, 0.5) is 0 Å². The van der Waals surface area contributed by atoms with Crippen LogP contribution in [0, 0.1) is 12.8 Å². The van der Waals surface area contributed by atoms with Gasteiger partial charge in [0.2, 0.25) is 6.79 Å². The van der Waals surface area contributed by atoms with Gasteiger partial charge in [0.25, 0.3) is 5.91 Å². The molecule has 4 rings (SSSR count). The maximum atomic E-state index is 13.2. The molecule has 2 aliphatic heterocycles. The summed E-state index contributed by atoms with van der Waals surface area (Å²) in [6.45, 7) is 7.39. The van der Waals surface area contributed by atoms with Gasteiger partial charge in [0, 0.05) is 31.5 Å². The first kappa shape index (κ1) is 26.0. The Kier molecular flexibility index (Phi) is 8.48. The Morgan fingerprint density at radius 3 is 2.72 bits per heavy atom. The Labute approximate surface area is 211 Å². The Balaban J connectivity index is 1.59. The van der Waals surface area contributed by atoms with E-state index >= 15 is 0 Å². The van der Waals surface area contributed by atoms with Crippen molar-refractivity contribution < 1.29 is 33.4 Å². The fraction of sp³-hybridized carbons (Fsp3) is 0.577. The van der Waals surface area contributed by atoms with Crippen molar-refractivity contribution in [1.29, 1.82) is 0 Å². The summed E-state index contributed by atoms with van der Waals surface area (Å²) in [5.74, 6) is 0.428. The molecule has 0 aliphatic carbocycles. The molecule has 0 bridgehead atoms. The second-order valence-corrected chi connectivity index (χ2v) is 9.31. The van der Waals surface area contributed by atoms with Crippen LogP contribution in [0.25, 0.3) is 0 Å². The summed E-state index contributed by atoms with van der Waals surface area (Å²) in [5.41, 5.74) is 0.853. The van der Waals surface area contributed by atoms with Crippen LogP contribution in [0.3, 0.4) is 0 Å². The molecule has 2 aromatic rings. The molecule has 3 atom stereocenters. The first-order chi connectivity index (χ1) is 17.4. The summed E-state index contributed by atoms with van der Waals surface area (Å²) in [6.07, 6.45) is 4.19. The number of benzene rings is 1. The summed E-state index contributed by atoms with van der Waals surface area (Å²) < 4.78 is 16.6. The van der Waals surface area contributed by atoms with Crippen molar-refractivity contribution in [3.05, 3.63) is 41.6 Å². The lowest BCUT2D eigenvalue weighted by atomic mass is 9.83. The van der Waals surface area contributed by atoms with Crippen molar-refractivity contribution in [3.8, 4) is 11.5 Å². The lowest BCUT2D eigenvalue weighted by molar-refractivity contribution is -0.188. The van der Waals surface area contributed by atoms with Gasteiger partial charge in [0.15, 0.2) is 17.4 Å². The molecule has 1 N–H and O–H groups in total. The van der Waals surface area contributed by atoms with E-state index in [4.69, 9.17) is 18.7 Å². The average Bonchev–Trinajstić information content (AvgIpc) is 3.58. The fourth-order valence-corrected chi connectivity index (χ4v) is 5.04. The van der Waals surface area contributed by atoms with Crippen molar-refractivity contribution in [2.24, 2.45) is 5.92 Å². The van der Waals surface area contributed by atoms with Gasteiger partial charge in [0.05, 0.1) is 25.3 Å². The molecule has 1 fully saturated rings. The second-order valence-electron chi connectivity index (χ2n) is 9.31. The first-order valence-electron chi connectivity index (χ1n) is 12.6. The van der Waals surface area contributed by atoms with E-state index < -0.39 is 11.9 Å². The number of hydroxylamine groups is 2. The minimum absolute atomic E-state index is 0.0732. The second kappa shape index (κ2) is 11.7. The smallest absolute Gasteiger partial charge is 0.308 e. The number of hydrogen-bond donors (Lipinski definition) is 1. The molecule has 3 heterocycles. The quantitative estimate of drug-likeness (QED) is 0.437. The highest BCUT2D eigenvalue weighted by molar-refractivity contribution is 5.78. The molecule has 196 valence electrons. The molecule has 0 radical (unpaired) electrons. The summed E-state index contributed by atoms with van der Waals surface area (Å²) in [4.78, 5) is 37.8. The zero-order valence-electron chi connectivity index (χ0n) is 21.1. The molecule has 0 unspecified atom stereocenters. The highest BCUT2D eigenvalue weighted by atomic mass is 16.7. The van der Waals surface area contributed by atoms with Gasteiger partial charge < -0.3 is 19.0 Å². The summed E-state index contributed by atoms with van der Waals surface area (Å²) in [5, 5.41) is 11.7.